The maximum absolute atomic E-state index is 2.36. The van der Waals surface area contributed by atoms with Gasteiger partial charge in [-0.25, -0.2) is 0 Å². The Morgan fingerprint density at radius 3 is 1.18 bits per heavy atom. The van der Waals surface area contributed by atoms with Crippen LogP contribution in [-0.4, -0.2) is 0 Å². The Labute approximate surface area is 107 Å². The second-order valence-electron chi connectivity index (χ2n) is 7.39. The third-order valence-electron chi connectivity index (χ3n) is 3.47. The van der Waals surface area contributed by atoms with Crippen molar-refractivity contribution in [3.63, 3.8) is 0 Å². The van der Waals surface area contributed by atoms with Gasteiger partial charge in [0.25, 0.3) is 0 Å². The Morgan fingerprint density at radius 2 is 0.941 bits per heavy atom. The van der Waals surface area contributed by atoms with Crippen molar-refractivity contribution in [1.29, 1.82) is 0 Å². The van der Waals surface area contributed by atoms with Crippen molar-refractivity contribution < 1.29 is 0 Å². The van der Waals surface area contributed by atoms with Crippen LogP contribution in [0.3, 0.4) is 0 Å². The quantitative estimate of drug-likeness (QED) is 0.576. The largest absolute Gasteiger partial charge is 0.0561 e. The van der Waals surface area contributed by atoms with E-state index in [1.54, 1.807) is 0 Å². The van der Waals surface area contributed by atoms with Gasteiger partial charge in [0.05, 0.1) is 0 Å². The molecule has 0 aliphatic heterocycles. The Kier molecular flexibility index (Phi) is 3.49. The van der Waals surface area contributed by atoms with Crippen molar-refractivity contribution in [3.8, 4) is 0 Å². The second-order valence-corrected chi connectivity index (χ2v) is 7.39. The van der Waals surface area contributed by atoms with Crippen molar-refractivity contribution in [3.05, 3.63) is 33.9 Å². The summed E-state index contributed by atoms with van der Waals surface area (Å²) in [6.07, 6.45) is 0. The number of hydrogen-bond donors (Lipinski definition) is 0. The molecule has 0 atom stereocenters. The highest BCUT2D eigenvalue weighted by Crippen LogP contribution is 2.37. The summed E-state index contributed by atoms with van der Waals surface area (Å²) in [6.45, 7) is 20.6. The van der Waals surface area contributed by atoms with E-state index in [4.69, 9.17) is 0 Å². The fourth-order valence-corrected chi connectivity index (χ4v) is 3.49. The summed E-state index contributed by atoms with van der Waals surface area (Å²) in [6, 6.07) is 2.36. The van der Waals surface area contributed by atoms with Gasteiger partial charge in [0, 0.05) is 0 Å². The van der Waals surface area contributed by atoms with Crippen LogP contribution < -0.4 is 0 Å². The molecule has 0 bridgehead atoms. The zero-order valence-electron chi connectivity index (χ0n) is 13.1. The van der Waals surface area contributed by atoms with Crippen LogP contribution >= 0.6 is 0 Å². The number of rotatable bonds is 0. The molecule has 96 valence electrons. The molecular weight excluding hydrogens is 204 g/mol. The van der Waals surface area contributed by atoms with E-state index in [0.29, 0.717) is 0 Å². The van der Waals surface area contributed by atoms with E-state index in [2.05, 4.69) is 68.4 Å². The van der Waals surface area contributed by atoms with E-state index in [9.17, 15) is 0 Å². The highest BCUT2D eigenvalue weighted by molar-refractivity contribution is 5.50. The van der Waals surface area contributed by atoms with Gasteiger partial charge in [0.15, 0.2) is 0 Å². The molecule has 1 rings (SSSR count). The number of benzene rings is 1. The van der Waals surface area contributed by atoms with E-state index in [0.717, 1.165) is 0 Å². The van der Waals surface area contributed by atoms with E-state index in [-0.39, 0.29) is 10.8 Å². The molecule has 0 heteroatoms. The fraction of sp³-hybridized carbons (Fsp3) is 0.647. The first-order valence-corrected chi connectivity index (χ1v) is 6.58. The topological polar surface area (TPSA) is 0 Å². The highest BCUT2D eigenvalue weighted by Gasteiger charge is 2.26. The average molecular weight is 232 g/mol. The zero-order valence-corrected chi connectivity index (χ0v) is 13.1. The van der Waals surface area contributed by atoms with Gasteiger partial charge in [-0.1, -0.05) is 47.6 Å². The fourth-order valence-electron chi connectivity index (χ4n) is 3.49. The molecule has 1 aromatic rings. The highest BCUT2D eigenvalue weighted by atomic mass is 14.3. The van der Waals surface area contributed by atoms with Crippen LogP contribution in [0, 0.1) is 20.8 Å². The maximum atomic E-state index is 2.36. The molecule has 0 aliphatic carbocycles. The van der Waals surface area contributed by atoms with E-state index in [1.807, 2.05) is 0 Å². The number of hydrogen-bond acceptors (Lipinski definition) is 0. The van der Waals surface area contributed by atoms with Gasteiger partial charge in [-0.05, 0) is 59.4 Å². The molecule has 0 saturated carbocycles. The van der Waals surface area contributed by atoms with Crippen molar-refractivity contribution in [1.82, 2.24) is 0 Å². The first-order chi connectivity index (χ1) is 7.46. The molecule has 0 heterocycles. The molecule has 0 aliphatic rings. The molecule has 0 spiro atoms. The van der Waals surface area contributed by atoms with Crippen LogP contribution in [0.2, 0.25) is 0 Å². The lowest BCUT2D eigenvalue weighted by molar-refractivity contribution is 0.555. The lowest BCUT2D eigenvalue weighted by atomic mass is 9.73. The summed E-state index contributed by atoms with van der Waals surface area (Å²) < 4.78 is 0. The van der Waals surface area contributed by atoms with Crippen LogP contribution in [0.5, 0.6) is 0 Å². The van der Waals surface area contributed by atoms with Crippen LogP contribution in [0.15, 0.2) is 6.07 Å². The molecule has 17 heavy (non-hydrogen) atoms. The van der Waals surface area contributed by atoms with Gasteiger partial charge in [0.2, 0.25) is 0 Å². The third-order valence-corrected chi connectivity index (χ3v) is 3.47. The van der Waals surface area contributed by atoms with E-state index < -0.39 is 0 Å². The second kappa shape index (κ2) is 4.15. The minimum Gasteiger partial charge on any atom is -0.0561 e. The van der Waals surface area contributed by atoms with Gasteiger partial charge < -0.3 is 0 Å². The maximum Gasteiger partial charge on any atom is -0.0127 e. The van der Waals surface area contributed by atoms with Crippen molar-refractivity contribution in [2.75, 3.05) is 0 Å². The Hall–Kier alpha value is -0.780. The smallest absolute Gasteiger partial charge is 0.0127 e. The monoisotopic (exact) mass is 232 g/mol. The first-order valence-electron chi connectivity index (χ1n) is 6.58. The predicted octanol–water partition coefficient (Wildman–Crippen LogP) is 5.21. The normalized spacial score (nSPS) is 13.0. The molecule has 0 saturated heterocycles. The summed E-state index contributed by atoms with van der Waals surface area (Å²) in [5.41, 5.74) is 7.84. The Bertz CT molecular complexity index is 385. The molecule has 1 aromatic carbocycles. The Morgan fingerprint density at radius 1 is 0.647 bits per heavy atom. The molecule has 0 nitrogen and oxygen atoms in total. The van der Waals surface area contributed by atoms with E-state index in [1.165, 1.54) is 27.8 Å². The molecule has 0 radical (unpaired) electrons. The van der Waals surface area contributed by atoms with Gasteiger partial charge >= 0.3 is 0 Å². The van der Waals surface area contributed by atoms with Crippen molar-refractivity contribution in [2.45, 2.75) is 73.1 Å². The van der Waals surface area contributed by atoms with Crippen molar-refractivity contribution in [2.24, 2.45) is 0 Å². The molecule has 0 unspecified atom stereocenters. The van der Waals surface area contributed by atoms with Crippen LogP contribution in [0.1, 0.15) is 69.4 Å². The lowest BCUT2D eigenvalue weighted by Gasteiger charge is -2.32. The summed E-state index contributed by atoms with van der Waals surface area (Å²) >= 11 is 0. The van der Waals surface area contributed by atoms with Crippen LogP contribution in [-0.2, 0) is 10.8 Å². The molecular formula is C17H28. The SMILES string of the molecule is Cc1cc(C)c(C(C)(C)C)c(C)c1C(C)(C)C. The third kappa shape index (κ3) is 2.73. The van der Waals surface area contributed by atoms with Gasteiger partial charge in [-0.15, -0.1) is 0 Å². The van der Waals surface area contributed by atoms with Crippen LogP contribution in [0.4, 0.5) is 0 Å². The Balaban J connectivity index is 3.67. The molecule has 0 amide bonds. The average Bonchev–Trinajstić information content (AvgIpc) is 1.94. The van der Waals surface area contributed by atoms with Gasteiger partial charge in [-0.3, -0.25) is 0 Å². The van der Waals surface area contributed by atoms with Crippen molar-refractivity contribution >= 4 is 0 Å². The lowest BCUT2D eigenvalue weighted by Crippen LogP contribution is -2.22. The standard InChI is InChI=1S/C17H28/c1-11-10-12(2)15(17(7,8)9)13(3)14(11)16(4,5)6/h10H,1-9H3. The van der Waals surface area contributed by atoms with E-state index >= 15 is 0 Å². The van der Waals surface area contributed by atoms with Gasteiger partial charge in [0.1, 0.15) is 0 Å². The minimum absolute atomic E-state index is 0.224. The number of aryl methyl sites for hydroxylation is 2. The summed E-state index contributed by atoms with van der Waals surface area (Å²) in [7, 11) is 0. The minimum atomic E-state index is 0.224. The zero-order chi connectivity index (χ0) is 13.6. The molecule has 0 fully saturated rings. The summed E-state index contributed by atoms with van der Waals surface area (Å²) in [5.74, 6) is 0. The van der Waals surface area contributed by atoms with Crippen LogP contribution in [0.25, 0.3) is 0 Å². The molecule has 0 N–H and O–H groups in total. The predicted molar refractivity (Wildman–Crippen MR) is 78.1 cm³/mol. The first kappa shape index (κ1) is 14.3. The summed E-state index contributed by atoms with van der Waals surface area (Å²) in [5, 5.41) is 0. The molecule has 0 aromatic heterocycles. The van der Waals surface area contributed by atoms with Gasteiger partial charge in [-0.2, -0.15) is 0 Å². The summed E-state index contributed by atoms with van der Waals surface area (Å²) in [4.78, 5) is 0.